The SMILES string of the molecule is CC(C)(NC(=O)CC1=CCCCC1)c1ccc(F)cc1. The molecule has 1 aromatic carbocycles. The lowest BCUT2D eigenvalue weighted by Gasteiger charge is -2.27. The molecule has 0 heterocycles. The van der Waals surface area contributed by atoms with E-state index < -0.39 is 5.54 Å². The molecule has 0 saturated heterocycles. The molecule has 0 fully saturated rings. The van der Waals surface area contributed by atoms with Crippen LogP contribution in [0, 0.1) is 5.82 Å². The Morgan fingerprint density at radius 2 is 1.95 bits per heavy atom. The van der Waals surface area contributed by atoms with Crippen molar-refractivity contribution in [3.8, 4) is 0 Å². The second kappa shape index (κ2) is 6.21. The van der Waals surface area contributed by atoms with Gasteiger partial charge in [-0.1, -0.05) is 23.8 Å². The van der Waals surface area contributed by atoms with E-state index in [1.54, 1.807) is 12.1 Å². The van der Waals surface area contributed by atoms with Gasteiger partial charge in [-0.3, -0.25) is 4.79 Å². The summed E-state index contributed by atoms with van der Waals surface area (Å²) >= 11 is 0. The molecule has 1 N–H and O–H groups in total. The van der Waals surface area contributed by atoms with E-state index >= 15 is 0 Å². The summed E-state index contributed by atoms with van der Waals surface area (Å²) in [6.07, 6.45) is 7.19. The van der Waals surface area contributed by atoms with Gasteiger partial charge in [-0.2, -0.15) is 0 Å². The van der Waals surface area contributed by atoms with Crippen LogP contribution in [0.4, 0.5) is 4.39 Å². The lowest BCUT2D eigenvalue weighted by Crippen LogP contribution is -2.41. The Morgan fingerprint density at radius 1 is 1.25 bits per heavy atom. The Morgan fingerprint density at radius 3 is 2.55 bits per heavy atom. The van der Waals surface area contributed by atoms with E-state index in [2.05, 4.69) is 11.4 Å². The standard InChI is InChI=1S/C17H22FNO/c1-17(2,14-8-10-15(18)11-9-14)19-16(20)12-13-6-4-3-5-7-13/h6,8-11H,3-5,7,12H2,1-2H3,(H,19,20). The van der Waals surface area contributed by atoms with E-state index in [1.807, 2.05) is 13.8 Å². The van der Waals surface area contributed by atoms with Crippen LogP contribution in [0.5, 0.6) is 0 Å². The summed E-state index contributed by atoms with van der Waals surface area (Å²) in [5, 5.41) is 3.04. The molecule has 1 aliphatic carbocycles. The number of carbonyl (C=O) groups excluding carboxylic acids is 1. The highest BCUT2D eigenvalue weighted by atomic mass is 19.1. The summed E-state index contributed by atoms with van der Waals surface area (Å²) in [4.78, 5) is 12.1. The van der Waals surface area contributed by atoms with Gasteiger partial charge in [0.05, 0.1) is 5.54 Å². The van der Waals surface area contributed by atoms with Crippen LogP contribution in [0.2, 0.25) is 0 Å². The van der Waals surface area contributed by atoms with E-state index in [0.717, 1.165) is 18.4 Å². The molecular weight excluding hydrogens is 253 g/mol. The molecule has 0 aromatic heterocycles. The van der Waals surface area contributed by atoms with Crippen LogP contribution >= 0.6 is 0 Å². The average Bonchev–Trinajstić information content (AvgIpc) is 2.39. The van der Waals surface area contributed by atoms with Gasteiger partial charge in [0.1, 0.15) is 5.82 Å². The number of benzene rings is 1. The molecule has 108 valence electrons. The zero-order valence-corrected chi connectivity index (χ0v) is 12.2. The molecule has 0 atom stereocenters. The van der Waals surface area contributed by atoms with Crippen molar-refractivity contribution >= 4 is 5.91 Å². The molecular formula is C17H22FNO. The fraction of sp³-hybridized carbons (Fsp3) is 0.471. The Kier molecular flexibility index (Phi) is 4.58. The third kappa shape index (κ3) is 3.92. The van der Waals surface area contributed by atoms with Gasteiger partial charge in [0, 0.05) is 6.42 Å². The van der Waals surface area contributed by atoms with E-state index in [4.69, 9.17) is 0 Å². The Labute approximate surface area is 120 Å². The predicted octanol–water partition coefficient (Wildman–Crippen LogP) is 4.07. The number of allylic oxidation sites excluding steroid dienone is 1. The van der Waals surface area contributed by atoms with Crippen molar-refractivity contribution < 1.29 is 9.18 Å². The summed E-state index contributed by atoms with van der Waals surface area (Å²) in [6.45, 7) is 3.88. The van der Waals surface area contributed by atoms with E-state index in [0.29, 0.717) is 6.42 Å². The van der Waals surface area contributed by atoms with Gasteiger partial charge in [0.15, 0.2) is 0 Å². The smallest absolute Gasteiger partial charge is 0.224 e. The largest absolute Gasteiger partial charge is 0.347 e. The number of amides is 1. The van der Waals surface area contributed by atoms with Gasteiger partial charge in [0.2, 0.25) is 5.91 Å². The number of rotatable bonds is 4. The second-order valence-corrected chi connectivity index (χ2v) is 5.97. The zero-order valence-electron chi connectivity index (χ0n) is 12.2. The van der Waals surface area contributed by atoms with Crippen LogP contribution in [-0.2, 0) is 10.3 Å². The Hall–Kier alpha value is -1.64. The molecule has 1 aromatic rings. The molecule has 2 rings (SSSR count). The van der Waals surface area contributed by atoms with Crippen LogP contribution in [0.25, 0.3) is 0 Å². The highest BCUT2D eigenvalue weighted by molar-refractivity contribution is 5.79. The lowest BCUT2D eigenvalue weighted by molar-refractivity contribution is -0.122. The minimum absolute atomic E-state index is 0.0347. The zero-order chi connectivity index (χ0) is 14.6. The van der Waals surface area contributed by atoms with Crippen molar-refractivity contribution in [2.75, 3.05) is 0 Å². The summed E-state index contributed by atoms with van der Waals surface area (Å²) in [6, 6.07) is 6.28. The molecule has 0 bridgehead atoms. The fourth-order valence-electron chi connectivity index (χ4n) is 2.60. The van der Waals surface area contributed by atoms with E-state index in [9.17, 15) is 9.18 Å². The van der Waals surface area contributed by atoms with Gasteiger partial charge in [-0.05, 0) is 57.2 Å². The van der Waals surface area contributed by atoms with Crippen molar-refractivity contribution in [1.82, 2.24) is 5.32 Å². The molecule has 0 aliphatic heterocycles. The molecule has 1 amide bonds. The molecule has 0 saturated carbocycles. The number of carbonyl (C=O) groups is 1. The van der Waals surface area contributed by atoms with Crippen molar-refractivity contribution in [3.05, 3.63) is 47.3 Å². The second-order valence-electron chi connectivity index (χ2n) is 5.97. The summed E-state index contributed by atoms with van der Waals surface area (Å²) < 4.78 is 13.0. The van der Waals surface area contributed by atoms with E-state index in [1.165, 1.54) is 30.5 Å². The van der Waals surface area contributed by atoms with Crippen LogP contribution < -0.4 is 5.32 Å². The van der Waals surface area contributed by atoms with Gasteiger partial charge >= 0.3 is 0 Å². The van der Waals surface area contributed by atoms with E-state index in [-0.39, 0.29) is 11.7 Å². The first-order valence-corrected chi connectivity index (χ1v) is 7.22. The van der Waals surface area contributed by atoms with Crippen LogP contribution in [0.15, 0.2) is 35.9 Å². The molecule has 0 radical (unpaired) electrons. The third-order valence-electron chi connectivity index (χ3n) is 3.79. The Bertz CT molecular complexity index is 502. The maximum atomic E-state index is 13.0. The maximum absolute atomic E-state index is 13.0. The fourth-order valence-corrected chi connectivity index (χ4v) is 2.60. The van der Waals surface area contributed by atoms with Gasteiger partial charge < -0.3 is 5.32 Å². The molecule has 2 nitrogen and oxygen atoms in total. The number of halogens is 1. The molecule has 3 heteroatoms. The van der Waals surface area contributed by atoms with Crippen molar-refractivity contribution in [3.63, 3.8) is 0 Å². The molecule has 0 spiro atoms. The predicted molar refractivity (Wildman–Crippen MR) is 78.7 cm³/mol. The topological polar surface area (TPSA) is 29.1 Å². The quantitative estimate of drug-likeness (QED) is 0.825. The number of hydrogen-bond donors (Lipinski definition) is 1. The first-order chi connectivity index (χ1) is 9.47. The van der Waals surface area contributed by atoms with Gasteiger partial charge in [-0.15, -0.1) is 0 Å². The highest BCUT2D eigenvalue weighted by Crippen LogP contribution is 2.23. The normalized spacial score (nSPS) is 15.7. The summed E-state index contributed by atoms with van der Waals surface area (Å²) in [7, 11) is 0. The number of hydrogen-bond acceptors (Lipinski definition) is 1. The van der Waals surface area contributed by atoms with Crippen LogP contribution in [-0.4, -0.2) is 5.91 Å². The van der Waals surface area contributed by atoms with Crippen LogP contribution in [0.3, 0.4) is 0 Å². The van der Waals surface area contributed by atoms with Gasteiger partial charge in [-0.25, -0.2) is 4.39 Å². The number of nitrogens with one attached hydrogen (secondary N) is 1. The first kappa shape index (κ1) is 14.8. The minimum Gasteiger partial charge on any atom is -0.347 e. The van der Waals surface area contributed by atoms with Crippen LogP contribution in [0.1, 0.15) is 51.5 Å². The van der Waals surface area contributed by atoms with Gasteiger partial charge in [0.25, 0.3) is 0 Å². The summed E-state index contributed by atoms with van der Waals surface area (Å²) in [5.74, 6) is -0.226. The van der Waals surface area contributed by atoms with Crippen molar-refractivity contribution in [2.24, 2.45) is 0 Å². The monoisotopic (exact) mass is 275 g/mol. The summed E-state index contributed by atoms with van der Waals surface area (Å²) in [5.41, 5.74) is 1.66. The highest BCUT2D eigenvalue weighted by Gasteiger charge is 2.23. The Balaban J connectivity index is 1.98. The van der Waals surface area contributed by atoms with Crippen molar-refractivity contribution in [1.29, 1.82) is 0 Å². The first-order valence-electron chi connectivity index (χ1n) is 7.22. The molecule has 1 aliphatic rings. The molecule has 0 unspecified atom stereocenters. The van der Waals surface area contributed by atoms with Crippen molar-refractivity contribution in [2.45, 2.75) is 51.5 Å². The third-order valence-corrected chi connectivity index (χ3v) is 3.79. The minimum atomic E-state index is -0.486. The lowest BCUT2D eigenvalue weighted by atomic mass is 9.93. The molecule has 20 heavy (non-hydrogen) atoms. The average molecular weight is 275 g/mol. The maximum Gasteiger partial charge on any atom is 0.224 e.